The summed E-state index contributed by atoms with van der Waals surface area (Å²) in [5.41, 5.74) is 2.40. The summed E-state index contributed by atoms with van der Waals surface area (Å²) in [7, 11) is 0. The van der Waals surface area contributed by atoms with Crippen molar-refractivity contribution < 1.29 is 9.53 Å². The molecule has 86 valence electrons. The maximum Gasteiger partial charge on any atom is 0.153 e. The van der Waals surface area contributed by atoms with Gasteiger partial charge in [-0.2, -0.15) is 0 Å². The van der Waals surface area contributed by atoms with Crippen LogP contribution in [0.25, 0.3) is 11.1 Å². The number of hydrogen-bond donors (Lipinski definition) is 0. The van der Waals surface area contributed by atoms with Gasteiger partial charge in [-0.3, -0.25) is 9.78 Å². The second-order valence-corrected chi connectivity index (χ2v) is 3.52. The fourth-order valence-electron chi connectivity index (χ4n) is 1.70. The van der Waals surface area contributed by atoms with Crippen LogP contribution in [0.15, 0.2) is 42.7 Å². The van der Waals surface area contributed by atoms with Crippen molar-refractivity contribution in [2.45, 2.75) is 6.92 Å². The Morgan fingerprint density at radius 2 is 2.18 bits per heavy atom. The summed E-state index contributed by atoms with van der Waals surface area (Å²) < 4.78 is 5.55. The van der Waals surface area contributed by atoms with E-state index in [1.165, 1.54) is 0 Å². The number of pyridine rings is 1. The predicted octanol–water partition coefficient (Wildman–Crippen LogP) is 2.96. The van der Waals surface area contributed by atoms with Crippen LogP contribution >= 0.6 is 0 Å². The zero-order valence-electron chi connectivity index (χ0n) is 9.59. The lowest BCUT2D eigenvalue weighted by molar-refractivity contribution is 0.112. The number of aldehydes is 1. The maximum absolute atomic E-state index is 11.0. The Hall–Kier alpha value is -2.16. The molecule has 0 amide bonds. The van der Waals surface area contributed by atoms with Gasteiger partial charge < -0.3 is 4.74 Å². The van der Waals surface area contributed by atoms with Crippen LogP contribution in [0.4, 0.5) is 0 Å². The molecule has 3 heteroatoms. The number of ether oxygens (including phenoxy) is 1. The summed E-state index contributed by atoms with van der Waals surface area (Å²) in [4.78, 5) is 15.1. The Morgan fingerprint density at radius 3 is 2.82 bits per heavy atom. The highest BCUT2D eigenvalue weighted by Gasteiger charge is 2.10. The van der Waals surface area contributed by atoms with E-state index >= 15 is 0 Å². The number of carbonyl (C=O) groups is 1. The van der Waals surface area contributed by atoms with Gasteiger partial charge in [-0.1, -0.05) is 18.2 Å². The van der Waals surface area contributed by atoms with Gasteiger partial charge >= 0.3 is 0 Å². The van der Waals surface area contributed by atoms with E-state index in [1.807, 2.05) is 31.2 Å². The molecular weight excluding hydrogens is 214 g/mol. The monoisotopic (exact) mass is 227 g/mol. The Balaban J connectivity index is 2.57. The minimum Gasteiger partial charge on any atom is -0.492 e. The highest BCUT2D eigenvalue weighted by molar-refractivity contribution is 5.85. The van der Waals surface area contributed by atoms with Gasteiger partial charge in [-0.05, 0) is 19.1 Å². The number of nitrogens with zero attached hydrogens (tertiary/aromatic N) is 1. The Morgan fingerprint density at radius 1 is 1.29 bits per heavy atom. The van der Waals surface area contributed by atoms with Crippen molar-refractivity contribution in [1.82, 2.24) is 4.98 Å². The normalized spacial score (nSPS) is 9.94. The first kappa shape index (κ1) is 11.3. The number of rotatable bonds is 4. The van der Waals surface area contributed by atoms with E-state index in [2.05, 4.69) is 4.98 Å². The van der Waals surface area contributed by atoms with Crippen molar-refractivity contribution in [2.75, 3.05) is 6.61 Å². The Bertz CT molecular complexity index is 509. The third-order valence-corrected chi connectivity index (χ3v) is 2.43. The summed E-state index contributed by atoms with van der Waals surface area (Å²) in [6.45, 7) is 2.42. The molecule has 0 atom stereocenters. The smallest absolute Gasteiger partial charge is 0.153 e. The zero-order valence-corrected chi connectivity index (χ0v) is 9.59. The first-order valence-corrected chi connectivity index (χ1v) is 5.48. The van der Waals surface area contributed by atoms with Crippen LogP contribution < -0.4 is 4.74 Å². The fraction of sp³-hybridized carbons (Fsp3) is 0.143. The average Bonchev–Trinajstić information content (AvgIpc) is 2.40. The molecule has 17 heavy (non-hydrogen) atoms. The van der Waals surface area contributed by atoms with Gasteiger partial charge in [0.2, 0.25) is 0 Å². The van der Waals surface area contributed by atoms with Crippen molar-refractivity contribution in [2.24, 2.45) is 0 Å². The van der Waals surface area contributed by atoms with E-state index < -0.39 is 0 Å². The molecule has 0 saturated carbocycles. The minimum atomic E-state index is 0.526. The van der Waals surface area contributed by atoms with E-state index in [0.29, 0.717) is 17.9 Å². The van der Waals surface area contributed by atoms with Crippen molar-refractivity contribution >= 4 is 6.29 Å². The van der Waals surface area contributed by atoms with E-state index in [9.17, 15) is 4.79 Å². The molecule has 0 spiro atoms. The highest BCUT2D eigenvalue weighted by atomic mass is 16.5. The van der Waals surface area contributed by atoms with Crippen molar-refractivity contribution in [3.8, 4) is 16.9 Å². The van der Waals surface area contributed by atoms with Crippen LogP contribution in [-0.2, 0) is 0 Å². The molecule has 0 saturated heterocycles. The van der Waals surface area contributed by atoms with Crippen LogP contribution in [-0.4, -0.2) is 17.9 Å². The fourth-order valence-corrected chi connectivity index (χ4v) is 1.70. The van der Waals surface area contributed by atoms with Crippen LogP contribution in [0.2, 0.25) is 0 Å². The molecule has 0 N–H and O–H groups in total. The SMILES string of the molecule is CCOc1c(C=O)cccc1-c1cccnc1. The molecule has 2 rings (SSSR count). The lowest BCUT2D eigenvalue weighted by atomic mass is 10.0. The van der Waals surface area contributed by atoms with Gasteiger partial charge in [0.25, 0.3) is 0 Å². The number of carbonyl (C=O) groups excluding carboxylic acids is 1. The van der Waals surface area contributed by atoms with Gasteiger partial charge in [0.15, 0.2) is 6.29 Å². The molecule has 1 aromatic heterocycles. The molecule has 2 aromatic rings. The number of aromatic nitrogens is 1. The number of benzene rings is 1. The summed E-state index contributed by atoms with van der Waals surface area (Å²) >= 11 is 0. The van der Waals surface area contributed by atoms with Crippen molar-refractivity contribution in [3.63, 3.8) is 0 Å². The minimum absolute atomic E-state index is 0.526. The van der Waals surface area contributed by atoms with E-state index in [0.717, 1.165) is 17.4 Å². The highest BCUT2D eigenvalue weighted by Crippen LogP contribution is 2.31. The van der Waals surface area contributed by atoms with Gasteiger partial charge in [0.05, 0.1) is 12.2 Å². The van der Waals surface area contributed by atoms with E-state index in [-0.39, 0.29) is 0 Å². The standard InChI is InChI=1S/C14H13NO2/c1-2-17-14-12(10-16)5-3-7-13(14)11-6-4-8-15-9-11/h3-10H,2H2,1H3. The molecule has 1 heterocycles. The second-order valence-electron chi connectivity index (χ2n) is 3.52. The quantitative estimate of drug-likeness (QED) is 0.754. The third-order valence-electron chi connectivity index (χ3n) is 2.43. The van der Waals surface area contributed by atoms with Gasteiger partial charge in [-0.15, -0.1) is 0 Å². The zero-order chi connectivity index (χ0) is 12.1. The molecule has 0 aliphatic heterocycles. The molecule has 0 aliphatic carbocycles. The van der Waals surface area contributed by atoms with Crippen LogP contribution in [0.3, 0.4) is 0 Å². The predicted molar refractivity (Wildman–Crippen MR) is 66.2 cm³/mol. The summed E-state index contributed by atoms with van der Waals surface area (Å²) in [5, 5.41) is 0. The topological polar surface area (TPSA) is 39.2 Å². The lowest BCUT2D eigenvalue weighted by Gasteiger charge is -2.11. The van der Waals surface area contributed by atoms with Crippen molar-refractivity contribution in [1.29, 1.82) is 0 Å². The third kappa shape index (κ3) is 2.33. The number of hydrogen-bond acceptors (Lipinski definition) is 3. The molecule has 3 nitrogen and oxygen atoms in total. The molecule has 0 unspecified atom stereocenters. The molecule has 0 radical (unpaired) electrons. The van der Waals surface area contributed by atoms with Gasteiger partial charge in [0.1, 0.15) is 5.75 Å². The average molecular weight is 227 g/mol. The van der Waals surface area contributed by atoms with E-state index in [4.69, 9.17) is 4.74 Å². The van der Waals surface area contributed by atoms with E-state index in [1.54, 1.807) is 18.5 Å². The van der Waals surface area contributed by atoms with Crippen LogP contribution in [0, 0.1) is 0 Å². The molecule has 0 fully saturated rings. The Kier molecular flexibility index (Phi) is 3.50. The van der Waals surface area contributed by atoms with Crippen LogP contribution in [0.1, 0.15) is 17.3 Å². The first-order valence-electron chi connectivity index (χ1n) is 5.48. The van der Waals surface area contributed by atoms with Gasteiger partial charge in [0, 0.05) is 23.5 Å². The molecular formula is C14H13NO2. The largest absolute Gasteiger partial charge is 0.492 e. The first-order chi connectivity index (χ1) is 8.36. The molecule has 0 bridgehead atoms. The lowest BCUT2D eigenvalue weighted by Crippen LogP contribution is -1.98. The summed E-state index contributed by atoms with van der Waals surface area (Å²) in [6.07, 6.45) is 4.28. The summed E-state index contributed by atoms with van der Waals surface area (Å²) in [6, 6.07) is 9.32. The molecule has 1 aromatic carbocycles. The van der Waals surface area contributed by atoms with Crippen LogP contribution in [0.5, 0.6) is 5.75 Å². The van der Waals surface area contributed by atoms with Gasteiger partial charge in [-0.25, -0.2) is 0 Å². The second kappa shape index (κ2) is 5.25. The molecule has 0 aliphatic rings. The van der Waals surface area contributed by atoms with Crippen molar-refractivity contribution in [3.05, 3.63) is 48.3 Å². The maximum atomic E-state index is 11.0. The Labute approximate surface area is 100 Å². The number of para-hydroxylation sites is 1. The summed E-state index contributed by atoms with van der Waals surface area (Å²) in [5.74, 6) is 0.623.